The highest BCUT2D eigenvalue weighted by atomic mass is 35.5. The van der Waals surface area contributed by atoms with E-state index in [1.54, 1.807) is 13.3 Å². The molecule has 0 saturated heterocycles. The smallest absolute Gasteiger partial charge is 0.424 e. The molecular weight excluding hydrogens is 528 g/mol. The quantitative estimate of drug-likeness (QED) is 0.407. The zero-order valence-electron chi connectivity index (χ0n) is 23.8. The Morgan fingerprint density at radius 3 is 2.15 bits per heavy atom. The van der Waals surface area contributed by atoms with Gasteiger partial charge in [0.2, 0.25) is 5.95 Å². The molecule has 1 unspecified atom stereocenters. The van der Waals surface area contributed by atoms with Gasteiger partial charge in [-0.15, -0.1) is 4.90 Å². The fourth-order valence-corrected chi connectivity index (χ4v) is 5.94. The molecule has 0 saturated carbocycles. The summed E-state index contributed by atoms with van der Waals surface area (Å²) < 4.78 is 5.61. The van der Waals surface area contributed by atoms with Crippen LogP contribution >= 0.6 is 11.6 Å². The fraction of sp³-hybridized carbons (Fsp3) is 0.577. The van der Waals surface area contributed by atoms with Crippen molar-refractivity contribution in [3.63, 3.8) is 0 Å². The summed E-state index contributed by atoms with van der Waals surface area (Å²) in [5, 5.41) is 33.3. The van der Waals surface area contributed by atoms with Crippen LogP contribution in [-0.2, 0) is 12.1 Å². The number of carboxylic acid groups (broad SMARTS) is 2. The van der Waals surface area contributed by atoms with Gasteiger partial charge in [-0.1, -0.05) is 32.4 Å². The van der Waals surface area contributed by atoms with Crippen molar-refractivity contribution in [1.82, 2.24) is 20.0 Å². The van der Waals surface area contributed by atoms with E-state index in [-0.39, 0.29) is 35.4 Å². The normalized spacial score (nSPS) is 17.8. The highest BCUT2D eigenvalue weighted by Gasteiger charge is 2.61. The number of fused-ring (bicyclic) bond motifs is 1. The van der Waals surface area contributed by atoms with E-state index in [0.717, 1.165) is 11.1 Å². The molecule has 2 aromatic heterocycles. The number of pyridine rings is 1. The Bertz CT molecular complexity index is 1280. The second-order valence-electron chi connectivity index (χ2n) is 11.6. The van der Waals surface area contributed by atoms with Crippen LogP contribution in [0.5, 0.6) is 5.75 Å². The van der Waals surface area contributed by atoms with Gasteiger partial charge in [0.1, 0.15) is 10.9 Å². The molecule has 3 rings (SSSR count). The van der Waals surface area contributed by atoms with Gasteiger partial charge in [-0.3, -0.25) is 9.99 Å². The van der Waals surface area contributed by atoms with Gasteiger partial charge in [-0.25, -0.2) is 14.6 Å². The molecular formula is C26H37ClN6O6. The van der Waals surface area contributed by atoms with Crippen LogP contribution in [0.3, 0.4) is 0 Å². The van der Waals surface area contributed by atoms with Gasteiger partial charge in [-0.05, 0) is 46.5 Å². The van der Waals surface area contributed by atoms with Gasteiger partial charge >= 0.3 is 12.2 Å². The van der Waals surface area contributed by atoms with Crippen molar-refractivity contribution < 1.29 is 29.6 Å². The number of nitrogens with zero attached hydrogens (tertiary/aromatic N) is 6. The zero-order valence-corrected chi connectivity index (χ0v) is 24.6. The molecule has 0 bridgehead atoms. The standard InChI is InChI=1S/C26H37ClN6O6/c1-14-12-28-16(15(2)18(14)39-9)13-31-20-17(19(27)29-21(30-20)32(22(35)36)23(37)38)26(10-11-34,24(3,4)5)33(31)25(6,7)8/h12,34H,10-11,13H2,1-9H3,(H,35,36)(H,37,38). The number of aryl methyl sites for hydroxylation is 1. The number of hydrogen-bond donors (Lipinski definition) is 3. The second kappa shape index (κ2) is 10.4. The molecule has 12 nitrogen and oxygen atoms in total. The van der Waals surface area contributed by atoms with E-state index in [4.69, 9.17) is 16.3 Å². The van der Waals surface area contributed by atoms with Gasteiger partial charge in [0.25, 0.3) is 0 Å². The molecule has 0 radical (unpaired) electrons. The number of aromatic nitrogens is 3. The molecule has 1 atom stereocenters. The maximum absolute atomic E-state index is 11.8. The number of halogens is 1. The minimum atomic E-state index is -1.77. The van der Waals surface area contributed by atoms with Crippen LogP contribution in [0.25, 0.3) is 0 Å². The lowest BCUT2D eigenvalue weighted by Gasteiger charge is -2.55. The van der Waals surface area contributed by atoms with Crippen LogP contribution < -0.4 is 14.6 Å². The number of anilines is 2. The van der Waals surface area contributed by atoms with E-state index in [9.17, 15) is 24.9 Å². The van der Waals surface area contributed by atoms with Crippen LogP contribution in [0, 0.1) is 19.3 Å². The van der Waals surface area contributed by atoms with Gasteiger partial charge in [0.05, 0.1) is 30.5 Å². The lowest BCUT2D eigenvalue weighted by molar-refractivity contribution is -0.0781. The molecule has 214 valence electrons. The summed E-state index contributed by atoms with van der Waals surface area (Å²) in [5.41, 5.74) is 0.686. The summed E-state index contributed by atoms with van der Waals surface area (Å²) in [7, 11) is 1.59. The first-order valence-electron chi connectivity index (χ1n) is 12.5. The van der Waals surface area contributed by atoms with Crippen LogP contribution in [0.2, 0.25) is 5.15 Å². The second-order valence-corrected chi connectivity index (χ2v) is 11.9. The first-order chi connectivity index (χ1) is 17.9. The Kier molecular flexibility index (Phi) is 8.08. The highest BCUT2D eigenvalue weighted by molar-refractivity contribution is 6.31. The summed E-state index contributed by atoms with van der Waals surface area (Å²) in [5.74, 6) is 0.317. The number of aliphatic hydroxyl groups excluding tert-OH is 1. The lowest BCUT2D eigenvalue weighted by atomic mass is 9.67. The molecule has 1 aliphatic rings. The zero-order chi connectivity index (χ0) is 29.7. The topological polar surface area (TPSA) is 152 Å². The van der Waals surface area contributed by atoms with Gasteiger partial charge in [0, 0.05) is 29.5 Å². The van der Waals surface area contributed by atoms with Crippen LogP contribution in [0.4, 0.5) is 21.4 Å². The molecule has 3 heterocycles. The van der Waals surface area contributed by atoms with Crippen LogP contribution in [0.15, 0.2) is 6.20 Å². The molecule has 1 aliphatic heterocycles. The summed E-state index contributed by atoms with van der Waals surface area (Å²) in [6.45, 7) is 15.8. The third kappa shape index (κ3) is 4.96. The van der Waals surface area contributed by atoms with E-state index in [0.29, 0.717) is 17.0 Å². The number of amides is 2. The largest absolute Gasteiger partial charge is 0.496 e. The molecule has 0 fully saturated rings. The van der Waals surface area contributed by atoms with E-state index in [2.05, 4.69) is 20.0 Å². The minimum Gasteiger partial charge on any atom is -0.496 e. The maximum atomic E-state index is 11.8. The number of carbonyl (C=O) groups is 2. The van der Waals surface area contributed by atoms with Crippen molar-refractivity contribution in [2.75, 3.05) is 23.6 Å². The van der Waals surface area contributed by atoms with Crippen molar-refractivity contribution in [3.05, 3.63) is 33.7 Å². The van der Waals surface area contributed by atoms with E-state index < -0.39 is 34.6 Å². The number of hydrazine groups is 1. The Balaban J connectivity index is 2.45. The molecule has 0 spiro atoms. The molecule has 13 heteroatoms. The number of rotatable bonds is 6. The summed E-state index contributed by atoms with van der Waals surface area (Å²) >= 11 is 6.80. The predicted molar refractivity (Wildman–Crippen MR) is 146 cm³/mol. The Labute approximate surface area is 233 Å². The number of methoxy groups -OCH3 is 1. The van der Waals surface area contributed by atoms with E-state index in [1.807, 2.05) is 60.4 Å². The average molecular weight is 565 g/mol. The molecule has 39 heavy (non-hydrogen) atoms. The third-order valence-electron chi connectivity index (χ3n) is 7.08. The fourth-order valence-electron chi connectivity index (χ4n) is 5.63. The SMILES string of the molecule is COc1c(C)cnc(CN2c3nc(N(C(=O)O)C(=O)O)nc(Cl)c3C(CCO)(C(C)(C)C)N2C(C)(C)C)c1C. The first-order valence-corrected chi connectivity index (χ1v) is 12.8. The maximum Gasteiger partial charge on any atom is 0.424 e. The number of ether oxygens (including phenoxy) is 1. The molecule has 0 aliphatic carbocycles. The minimum absolute atomic E-state index is 0.0211. The van der Waals surface area contributed by atoms with Crippen molar-refractivity contribution in [3.8, 4) is 5.75 Å². The predicted octanol–water partition coefficient (Wildman–Crippen LogP) is 4.97. The average Bonchev–Trinajstić information content (AvgIpc) is 3.07. The number of imide groups is 1. The lowest BCUT2D eigenvalue weighted by Crippen LogP contribution is -2.63. The van der Waals surface area contributed by atoms with Crippen molar-refractivity contribution in [1.29, 1.82) is 0 Å². The first kappa shape index (κ1) is 30.3. The van der Waals surface area contributed by atoms with Gasteiger partial charge in [0.15, 0.2) is 5.82 Å². The Hall–Kier alpha value is -3.22. The molecule has 2 amide bonds. The third-order valence-corrected chi connectivity index (χ3v) is 7.35. The molecule has 3 N–H and O–H groups in total. The molecule has 0 aromatic carbocycles. The van der Waals surface area contributed by atoms with Crippen molar-refractivity contribution in [2.24, 2.45) is 5.41 Å². The van der Waals surface area contributed by atoms with Gasteiger partial charge < -0.3 is 20.1 Å². The summed E-state index contributed by atoms with van der Waals surface area (Å²) in [6.07, 6.45) is -1.59. The monoisotopic (exact) mass is 564 g/mol. The molecule has 2 aromatic rings. The van der Waals surface area contributed by atoms with Gasteiger partial charge in [-0.2, -0.15) is 9.97 Å². The van der Waals surface area contributed by atoms with Crippen molar-refractivity contribution in [2.45, 2.75) is 79.4 Å². The number of hydrogen-bond acceptors (Lipinski definition) is 9. The summed E-state index contributed by atoms with van der Waals surface area (Å²) in [6, 6.07) is 0. The van der Waals surface area contributed by atoms with Crippen LogP contribution in [0.1, 0.15) is 70.3 Å². The van der Waals surface area contributed by atoms with E-state index >= 15 is 0 Å². The van der Waals surface area contributed by atoms with E-state index in [1.165, 1.54) is 0 Å². The number of aliphatic hydroxyl groups is 1. The van der Waals surface area contributed by atoms with Crippen LogP contribution in [-0.4, -0.2) is 66.7 Å². The Morgan fingerprint density at radius 1 is 1.10 bits per heavy atom. The summed E-state index contributed by atoms with van der Waals surface area (Å²) in [4.78, 5) is 37.0. The highest BCUT2D eigenvalue weighted by Crippen LogP contribution is 2.59. The van der Waals surface area contributed by atoms with Crippen molar-refractivity contribution >= 4 is 35.6 Å². The Morgan fingerprint density at radius 2 is 1.69 bits per heavy atom.